The highest BCUT2D eigenvalue weighted by Crippen LogP contribution is 2.49. The highest BCUT2D eigenvalue weighted by Gasteiger charge is 2.27. The second kappa shape index (κ2) is 13.6. The molecule has 6 N–H and O–H groups in total. The van der Waals surface area contributed by atoms with E-state index in [1.807, 2.05) is 0 Å². The summed E-state index contributed by atoms with van der Waals surface area (Å²) in [5, 5.41) is 56.7. The Kier molecular flexibility index (Phi) is 13.2. The molecule has 0 radical (unpaired) electrons. The Morgan fingerprint density at radius 1 is 0.583 bits per heavy atom. The van der Waals surface area contributed by atoms with Crippen LogP contribution in [0.4, 0.5) is 0 Å². The largest absolute Gasteiger partial charge is 0.392 e. The molecule has 1 aliphatic rings. The standard InChI is InChI=1S/C12H30N2O6P4/c15-7-21-1-13(5-23(9-17)10-18)2-22(8-16)4-14(3-21)6-24(11-19)12-20/h15-20H,1-12H2. The van der Waals surface area contributed by atoms with Gasteiger partial charge in [0.25, 0.3) is 0 Å². The van der Waals surface area contributed by atoms with Crippen molar-refractivity contribution in [3.05, 3.63) is 0 Å². The van der Waals surface area contributed by atoms with Crippen molar-refractivity contribution < 1.29 is 30.6 Å². The lowest BCUT2D eigenvalue weighted by molar-refractivity contribution is 0.321. The maximum Gasteiger partial charge on any atom is 0.0658 e. The highest BCUT2D eigenvalue weighted by molar-refractivity contribution is 7.60. The fraction of sp³-hybridized carbons (Fsp3) is 1.00. The molecule has 0 aliphatic carbocycles. The zero-order valence-corrected chi connectivity index (χ0v) is 17.4. The van der Waals surface area contributed by atoms with Gasteiger partial charge < -0.3 is 30.6 Å². The third kappa shape index (κ3) is 8.39. The minimum atomic E-state index is -0.860. The van der Waals surface area contributed by atoms with E-state index in [4.69, 9.17) is 0 Å². The molecule has 0 unspecified atom stereocenters. The number of aliphatic hydroxyl groups excluding tert-OH is 6. The summed E-state index contributed by atoms with van der Waals surface area (Å²) >= 11 is 0. The average Bonchev–Trinajstić information content (AvgIpc) is 2.59. The van der Waals surface area contributed by atoms with Gasteiger partial charge in [-0.05, 0) is 15.8 Å². The zero-order chi connectivity index (χ0) is 17.9. The zero-order valence-electron chi connectivity index (χ0n) is 13.9. The number of aliphatic hydroxyl groups is 6. The van der Waals surface area contributed by atoms with E-state index in [2.05, 4.69) is 9.80 Å². The van der Waals surface area contributed by atoms with Crippen molar-refractivity contribution in [3.63, 3.8) is 0 Å². The van der Waals surface area contributed by atoms with Crippen LogP contribution in [-0.2, 0) is 0 Å². The third-order valence-corrected chi connectivity index (χ3v) is 10.8. The maximum atomic E-state index is 9.71. The molecule has 0 amide bonds. The molecule has 0 spiro atoms. The van der Waals surface area contributed by atoms with Gasteiger partial charge in [-0.15, -0.1) is 0 Å². The molecule has 24 heavy (non-hydrogen) atoms. The van der Waals surface area contributed by atoms with Gasteiger partial charge in [-0.2, -0.15) is 0 Å². The highest BCUT2D eigenvalue weighted by atomic mass is 31.1. The molecule has 0 atom stereocenters. The molecule has 1 heterocycles. The number of nitrogens with zero attached hydrogens (tertiary/aromatic N) is 2. The summed E-state index contributed by atoms with van der Waals surface area (Å²) in [6, 6.07) is 0. The first-order valence-electron chi connectivity index (χ1n) is 7.59. The van der Waals surface area contributed by atoms with E-state index in [-0.39, 0.29) is 38.1 Å². The van der Waals surface area contributed by atoms with Gasteiger partial charge in [-0.1, -0.05) is 15.8 Å². The van der Waals surface area contributed by atoms with E-state index in [1.54, 1.807) is 0 Å². The molecule has 0 aromatic heterocycles. The van der Waals surface area contributed by atoms with Crippen LogP contribution in [0.25, 0.3) is 0 Å². The van der Waals surface area contributed by atoms with Gasteiger partial charge in [0, 0.05) is 37.7 Å². The molecule has 0 aromatic carbocycles. The molecule has 0 aromatic rings. The molecule has 1 aliphatic heterocycles. The quantitative estimate of drug-likeness (QED) is 0.271. The summed E-state index contributed by atoms with van der Waals surface area (Å²) in [5.41, 5.74) is 0. The van der Waals surface area contributed by atoms with E-state index in [1.165, 1.54) is 0 Å². The predicted molar refractivity (Wildman–Crippen MR) is 103 cm³/mol. The maximum absolute atomic E-state index is 9.71. The molecular weight excluding hydrogens is 392 g/mol. The molecule has 12 heteroatoms. The van der Waals surface area contributed by atoms with E-state index in [9.17, 15) is 30.6 Å². The van der Waals surface area contributed by atoms with E-state index < -0.39 is 31.7 Å². The summed E-state index contributed by atoms with van der Waals surface area (Å²) in [6.07, 6.45) is 4.27. The van der Waals surface area contributed by atoms with Gasteiger partial charge in [0.05, 0.1) is 38.1 Å². The van der Waals surface area contributed by atoms with Crippen LogP contribution in [0, 0.1) is 0 Å². The second-order valence-corrected chi connectivity index (χ2v) is 14.5. The Bertz CT molecular complexity index is 286. The van der Waals surface area contributed by atoms with Crippen LogP contribution >= 0.6 is 31.7 Å². The molecule has 0 bridgehead atoms. The Labute approximate surface area is 148 Å². The summed E-state index contributed by atoms with van der Waals surface area (Å²) in [4.78, 5) is 4.36. The van der Waals surface area contributed by atoms with E-state index in [0.29, 0.717) is 12.6 Å². The molecular formula is C12H30N2O6P4. The third-order valence-electron chi connectivity index (χ3n) is 3.60. The van der Waals surface area contributed by atoms with Crippen molar-refractivity contribution in [2.45, 2.75) is 0 Å². The van der Waals surface area contributed by atoms with Crippen LogP contribution in [0.5, 0.6) is 0 Å². The summed E-state index contributed by atoms with van der Waals surface area (Å²) < 4.78 is 0. The first-order chi connectivity index (χ1) is 11.6. The number of rotatable bonds is 10. The topological polar surface area (TPSA) is 128 Å². The van der Waals surface area contributed by atoms with Gasteiger partial charge in [-0.3, -0.25) is 9.80 Å². The van der Waals surface area contributed by atoms with Crippen LogP contribution in [-0.4, -0.2) is 116 Å². The molecule has 8 nitrogen and oxygen atoms in total. The fourth-order valence-corrected chi connectivity index (χ4v) is 9.12. The lowest BCUT2D eigenvalue weighted by Gasteiger charge is -2.39. The Morgan fingerprint density at radius 2 is 0.875 bits per heavy atom. The van der Waals surface area contributed by atoms with Crippen LogP contribution in [0.3, 0.4) is 0 Å². The van der Waals surface area contributed by atoms with E-state index in [0.717, 1.165) is 25.1 Å². The van der Waals surface area contributed by atoms with Crippen LogP contribution in [0.2, 0.25) is 0 Å². The molecule has 1 rings (SSSR count). The minimum absolute atomic E-state index is 0.0140. The first-order valence-corrected chi connectivity index (χ1v) is 15.2. The Hall–Kier alpha value is 1.40. The normalized spacial score (nSPS) is 24.5. The second-order valence-electron chi connectivity index (χ2n) is 5.72. The summed E-state index contributed by atoms with van der Waals surface area (Å²) in [5.74, 6) is 0. The Balaban J connectivity index is 2.74. The SMILES string of the molecule is OCP(CO)CN1CP(CO)CN(CP(CO)CO)CP(CO)C1. The predicted octanol–water partition coefficient (Wildman–Crippen LogP) is -0.0246. The Morgan fingerprint density at radius 3 is 1.08 bits per heavy atom. The van der Waals surface area contributed by atoms with Gasteiger partial charge in [0.1, 0.15) is 0 Å². The summed E-state index contributed by atoms with van der Waals surface area (Å²) in [7, 11) is -3.05. The average molecular weight is 422 g/mol. The van der Waals surface area contributed by atoms with Gasteiger partial charge in [0.2, 0.25) is 0 Å². The van der Waals surface area contributed by atoms with Crippen LogP contribution in [0.1, 0.15) is 0 Å². The first kappa shape index (κ1) is 23.4. The monoisotopic (exact) mass is 422 g/mol. The van der Waals surface area contributed by atoms with Gasteiger partial charge >= 0.3 is 0 Å². The van der Waals surface area contributed by atoms with Crippen molar-refractivity contribution in [3.8, 4) is 0 Å². The van der Waals surface area contributed by atoms with Crippen LogP contribution < -0.4 is 0 Å². The minimum Gasteiger partial charge on any atom is -0.392 e. The molecule has 0 saturated carbocycles. The molecule has 1 fully saturated rings. The van der Waals surface area contributed by atoms with Crippen molar-refractivity contribution in [2.24, 2.45) is 0 Å². The van der Waals surface area contributed by atoms with Crippen molar-refractivity contribution in [2.75, 3.05) is 75.8 Å². The van der Waals surface area contributed by atoms with Crippen LogP contribution in [0.15, 0.2) is 0 Å². The smallest absolute Gasteiger partial charge is 0.0658 e. The van der Waals surface area contributed by atoms with Crippen molar-refractivity contribution in [1.29, 1.82) is 0 Å². The molecule has 1 saturated heterocycles. The van der Waals surface area contributed by atoms with Crippen molar-refractivity contribution >= 4 is 31.7 Å². The van der Waals surface area contributed by atoms with Gasteiger partial charge in [0.15, 0.2) is 0 Å². The van der Waals surface area contributed by atoms with E-state index >= 15 is 0 Å². The number of hydrogen-bond acceptors (Lipinski definition) is 8. The molecule has 144 valence electrons. The van der Waals surface area contributed by atoms with Gasteiger partial charge in [-0.25, -0.2) is 0 Å². The van der Waals surface area contributed by atoms with Crippen molar-refractivity contribution in [1.82, 2.24) is 9.80 Å². The lowest BCUT2D eigenvalue weighted by atomic mass is 10.9. The lowest BCUT2D eigenvalue weighted by Crippen LogP contribution is -2.36. The fourth-order valence-electron chi connectivity index (χ4n) is 2.50. The number of hydrogen-bond donors (Lipinski definition) is 6. The summed E-state index contributed by atoms with van der Waals surface area (Å²) in [6.45, 7) is 0.